The smallest absolute Gasteiger partial charge is 0.0406 e. The molecule has 0 aliphatic carbocycles. The van der Waals surface area contributed by atoms with Crippen molar-refractivity contribution in [2.24, 2.45) is 0 Å². The van der Waals surface area contributed by atoms with E-state index in [-0.39, 0.29) is 5.41 Å². The highest BCUT2D eigenvalue weighted by Gasteiger charge is 2.29. The van der Waals surface area contributed by atoms with Gasteiger partial charge in [0.1, 0.15) is 0 Å². The van der Waals surface area contributed by atoms with Crippen LogP contribution in [0, 0.1) is 0 Å². The molecule has 0 aromatic heterocycles. The fraction of sp³-hybridized carbons (Fsp3) is 0.294. The normalized spacial score (nSPS) is 11.6. The summed E-state index contributed by atoms with van der Waals surface area (Å²) in [6.45, 7) is 0. The molecule has 0 radical (unpaired) electrons. The average Bonchev–Trinajstić information content (AvgIpc) is 2.54. The van der Waals surface area contributed by atoms with Crippen LogP contribution in [0.4, 0.5) is 0 Å². The predicted octanol–water partition coefficient (Wildman–Crippen LogP) is 6.55. The van der Waals surface area contributed by atoms with Gasteiger partial charge in [-0.2, -0.15) is 0 Å². The van der Waals surface area contributed by atoms with Crippen molar-refractivity contribution in [2.45, 2.75) is 16.7 Å². The molecule has 0 aliphatic rings. The maximum absolute atomic E-state index is 6.00. The van der Waals surface area contributed by atoms with E-state index in [2.05, 4.69) is 74.3 Å². The van der Waals surface area contributed by atoms with Gasteiger partial charge in [-0.1, -0.05) is 73.8 Å². The van der Waals surface area contributed by atoms with Crippen molar-refractivity contribution in [3.8, 4) is 0 Å². The van der Waals surface area contributed by atoms with Crippen molar-refractivity contribution in [2.75, 3.05) is 16.4 Å². The first-order valence-electron chi connectivity index (χ1n) is 6.76. The molecule has 21 heavy (non-hydrogen) atoms. The van der Waals surface area contributed by atoms with Gasteiger partial charge < -0.3 is 0 Å². The summed E-state index contributed by atoms with van der Waals surface area (Å²) in [5.74, 6) is 1.09. The van der Waals surface area contributed by atoms with E-state index in [9.17, 15) is 0 Å². The topological polar surface area (TPSA) is 0 Å². The maximum Gasteiger partial charge on any atom is 0.0406 e. The molecule has 0 spiro atoms. The minimum Gasteiger partial charge on any atom is -0.126 e. The molecule has 2 aromatic carbocycles. The predicted molar refractivity (Wildman–Crippen MR) is 103 cm³/mol. The summed E-state index contributed by atoms with van der Waals surface area (Å²) >= 11 is 15.3. The Morgan fingerprint density at radius 3 is 2.10 bits per heavy atom. The third kappa shape index (κ3) is 4.75. The molecule has 0 N–H and O–H groups in total. The van der Waals surface area contributed by atoms with E-state index in [1.807, 2.05) is 23.9 Å². The number of benzene rings is 2. The van der Waals surface area contributed by atoms with Crippen LogP contribution in [-0.2, 0) is 5.41 Å². The minimum absolute atomic E-state index is 0.104. The van der Waals surface area contributed by atoms with Crippen molar-refractivity contribution in [1.29, 1.82) is 0 Å². The Balaban J connectivity index is 2.06. The lowest BCUT2D eigenvalue weighted by atomic mass is 9.82. The van der Waals surface area contributed by atoms with Gasteiger partial charge in [0.15, 0.2) is 0 Å². The highest BCUT2D eigenvalue weighted by atomic mass is 79.9. The Hall–Kier alpha value is 0.0400. The SMILES string of the molecule is Clc1ccc(C(CBr)(CBr)CCSc2ccccc2)cc1. The van der Waals surface area contributed by atoms with Gasteiger partial charge in [-0.25, -0.2) is 0 Å². The Bertz CT molecular complexity index is 538. The third-order valence-corrected chi connectivity index (χ3v) is 6.97. The summed E-state index contributed by atoms with van der Waals surface area (Å²) < 4.78 is 0. The van der Waals surface area contributed by atoms with Gasteiger partial charge in [0.2, 0.25) is 0 Å². The maximum atomic E-state index is 6.00. The van der Waals surface area contributed by atoms with E-state index in [1.54, 1.807) is 0 Å². The van der Waals surface area contributed by atoms with E-state index in [1.165, 1.54) is 10.5 Å². The van der Waals surface area contributed by atoms with Gasteiger partial charge in [-0.3, -0.25) is 0 Å². The molecule has 2 rings (SSSR count). The Kier molecular flexibility index (Phi) is 7.14. The van der Waals surface area contributed by atoms with Gasteiger partial charge in [-0.15, -0.1) is 11.8 Å². The molecule has 0 amide bonds. The Morgan fingerprint density at radius 1 is 0.905 bits per heavy atom. The number of rotatable bonds is 7. The average molecular weight is 449 g/mol. The molecule has 0 aliphatic heterocycles. The lowest BCUT2D eigenvalue weighted by Crippen LogP contribution is -2.31. The molecule has 4 heteroatoms. The quantitative estimate of drug-likeness (QED) is 0.342. The number of hydrogen-bond donors (Lipinski definition) is 0. The summed E-state index contributed by atoms with van der Waals surface area (Å²) in [5.41, 5.74) is 1.43. The first-order chi connectivity index (χ1) is 10.2. The van der Waals surface area contributed by atoms with Gasteiger partial charge in [0.25, 0.3) is 0 Å². The zero-order valence-electron chi connectivity index (χ0n) is 11.6. The second kappa shape index (κ2) is 8.61. The van der Waals surface area contributed by atoms with Crippen molar-refractivity contribution in [3.05, 3.63) is 65.2 Å². The molecule has 0 nitrogen and oxygen atoms in total. The summed E-state index contributed by atoms with van der Waals surface area (Å²) in [6.07, 6.45) is 1.10. The molecule has 0 atom stereocenters. The summed E-state index contributed by atoms with van der Waals surface area (Å²) in [7, 11) is 0. The van der Waals surface area contributed by atoms with Crippen LogP contribution in [0.5, 0.6) is 0 Å². The monoisotopic (exact) mass is 446 g/mol. The summed E-state index contributed by atoms with van der Waals surface area (Å²) in [5, 5.41) is 2.65. The highest BCUT2D eigenvalue weighted by Crippen LogP contribution is 2.35. The molecule has 112 valence electrons. The molecule has 0 fully saturated rings. The van der Waals surface area contributed by atoms with Crippen LogP contribution >= 0.6 is 55.2 Å². The molecular formula is C17H17Br2ClS. The fourth-order valence-corrected chi connectivity index (χ4v) is 5.49. The fourth-order valence-electron chi connectivity index (χ4n) is 2.15. The van der Waals surface area contributed by atoms with Crippen molar-refractivity contribution >= 4 is 55.2 Å². The number of alkyl halides is 2. The van der Waals surface area contributed by atoms with Crippen molar-refractivity contribution < 1.29 is 0 Å². The second-order valence-corrected chi connectivity index (χ2v) is 7.69. The van der Waals surface area contributed by atoms with E-state index >= 15 is 0 Å². The van der Waals surface area contributed by atoms with E-state index in [0.29, 0.717) is 0 Å². The van der Waals surface area contributed by atoms with E-state index in [0.717, 1.165) is 27.9 Å². The van der Waals surface area contributed by atoms with E-state index < -0.39 is 0 Å². The number of thioether (sulfide) groups is 1. The minimum atomic E-state index is 0.104. The number of hydrogen-bond acceptors (Lipinski definition) is 1. The van der Waals surface area contributed by atoms with E-state index in [4.69, 9.17) is 11.6 Å². The van der Waals surface area contributed by atoms with Crippen LogP contribution in [0.25, 0.3) is 0 Å². The lowest BCUT2D eigenvalue weighted by molar-refractivity contribution is 0.539. The van der Waals surface area contributed by atoms with Crippen LogP contribution in [-0.4, -0.2) is 16.4 Å². The Labute approximate surface area is 152 Å². The largest absolute Gasteiger partial charge is 0.126 e. The Morgan fingerprint density at radius 2 is 1.52 bits per heavy atom. The molecule has 0 unspecified atom stereocenters. The van der Waals surface area contributed by atoms with Crippen LogP contribution in [0.3, 0.4) is 0 Å². The standard InChI is InChI=1S/C17H17Br2ClS/c18-12-17(13-19,14-6-8-15(20)9-7-14)10-11-21-16-4-2-1-3-5-16/h1-9H,10-13H2. The van der Waals surface area contributed by atoms with Gasteiger partial charge in [0.05, 0.1) is 0 Å². The summed E-state index contributed by atoms with van der Waals surface area (Å²) in [6, 6.07) is 18.8. The first-order valence-corrected chi connectivity index (χ1v) is 10.4. The van der Waals surface area contributed by atoms with Crippen molar-refractivity contribution in [1.82, 2.24) is 0 Å². The van der Waals surface area contributed by atoms with Gasteiger partial charge in [0, 0.05) is 26.0 Å². The van der Waals surface area contributed by atoms with Crippen LogP contribution in [0.2, 0.25) is 5.02 Å². The zero-order chi connectivity index (χ0) is 15.1. The second-order valence-electron chi connectivity index (χ2n) is 4.97. The summed E-state index contributed by atoms with van der Waals surface area (Å²) in [4.78, 5) is 1.33. The third-order valence-electron chi connectivity index (χ3n) is 3.56. The highest BCUT2D eigenvalue weighted by molar-refractivity contribution is 9.09. The molecular weight excluding hydrogens is 432 g/mol. The zero-order valence-corrected chi connectivity index (χ0v) is 16.3. The molecule has 0 heterocycles. The van der Waals surface area contributed by atoms with Crippen LogP contribution < -0.4 is 0 Å². The molecule has 0 saturated heterocycles. The van der Waals surface area contributed by atoms with Crippen LogP contribution in [0.1, 0.15) is 12.0 Å². The first kappa shape index (κ1) is 17.4. The molecule has 0 bridgehead atoms. The van der Waals surface area contributed by atoms with Gasteiger partial charge in [-0.05, 0) is 42.0 Å². The van der Waals surface area contributed by atoms with Gasteiger partial charge >= 0.3 is 0 Å². The van der Waals surface area contributed by atoms with Crippen LogP contribution in [0.15, 0.2) is 59.5 Å². The number of halogens is 3. The molecule has 2 aromatic rings. The lowest BCUT2D eigenvalue weighted by Gasteiger charge is -2.30. The molecule has 0 saturated carbocycles. The van der Waals surface area contributed by atoms with Crippen molar-refractivity contribution in [3.63, 3.8) is 0 Å².